The van der Waals surface area contributed by atoms with Crippen LogP contribution < -0.4 is 0 Å². The Morgan fingerprint density at radius 2 is 1.92 bits per heavy atom. The largest absolute Gasteiger partial charge is 0.223 e. The fourth-order valence-corrected chi connectivity index (χ4v) is 1.34. The van der Waals surface area contributed by atoms with Crippen LogP contribution in [0, 0.1) is 5.82 Å². The quantitative estimate of drug-likeness (QED) is 0.673. The van der Waals surface area contributed by atoms with Crippen LogP contribution in [0.4, 0.5) is 4.39 Å². The highest BCUT2D eigenvalue weighted by Crippen LogP contribution is 2.15. The third-order valence-corrected chi connectivity index (χ3v) is 1.94. The van der Waals surface area contributed by atoms with Gasteiger partial charge in [0.1, 0.15) is 11.3 Å². The SMILES string of the molecule is Fc1ccc(-c2ncsn2)cc1. The minimum Gasteiger partial charge on any atom is -0.223 e. The van der Waals surface area contributed by atoms with Crippen LogP contribution in [0.1, 0.15) is 0 Å². The van der Waals surface area contributed by atoms with E-state index in [4.69, 9.17) is 0 Å². The highest BCUT2D eigenvalue weighted by molar-refractivity contribution is 7.03. The van der Waals surface area contributed by atoms with E-state index in [9.17, 15) is 4.39 Å². The minimum atomic E-state index is -0.242. The summed E-state index contributed by atoms with van der Waals surface area (Å²) in [6, 6.07) is 6.13. The molecule has 0 aliphatic carbocycles. The second-order valence-corrected chi connectivity index (χ2v) is 2.87. The monoisotopic (exact) mass is 180 g/mol. The number of aromatic nitrogens is 2. The molecule has 0 atom stereocenters. The van der Waals surface area contributed by atoms with Crippen LogP contribution in [0.25, 0.3) is 11.4 Å². The zero-order chi connectivity index (χ0) is 8.39. The molecule has 0 saturated heterocycles. The lowest BCUT2D eigenvalue weighted by Crippen LogP contribution is -1.79. The molecular weight excluding hydrogens is 175 g/mol. The first kappa shape index (κ1) is 7.36. The Hall–Kier alpha value is -1.29. The van der Waals surface area contributed by atoms with E-state index in [1.165, 1.54) is 23.7 Å². The lowest BCUT2D eigenvalue weighted by atomic mass is 10.2. The van der Waals surface area contributed by atoms with Gasteiger partial charge in [0.2, 0.25) is 0 Å². The van der Waals surface area contributed by atoms with Gasteiger partial charge in [-0.25, -0.2) is 9.37 Å². The Morgan fingerprint density at radius 3 is 2.50 bits per heavy atom. The topological polar surface area (TPSA) is 25.8 Å². The van der Waals surface area contributed by atoms with E-state index in [2.05, 4.69) is 9.36 Å². The van der Waals surface area contributed by atoms with Crippen LogP contribution in [-0.4, -0.2) is 9.36 Å². The summed E-state index contributed by atoms with van der Waals surface area (Å²) in [4.78, 5) is 4.00. The van der Waals surface area contributed by atoms with E-state index in [1.54, 1.807) is 17.6 Å². The summed E-state index contributed by atoms with van der Waals surface area (Å²) >= 11 is 1.28. The molecule has 0 unspecified atom stereocenters. The maximum Gasteiger partial charge on any atom is 0.172 e. The molecule has 0 radical (unpaired) electrons. The van der Waals surface area contributed by atoms with Gasteiger partial charge in [0.25, 0.3) is 0 Å². The van der Waals surface area contributed by atoms with E-state index in [0.29, 0.717) is 5.82 Å². The van der Waals surface area contributed by atoms with Crippen LogP contribution in [0.3, 0.4) is 0 Å². The smallest absolute Gasteiger partial charge is 0.172 e. The molecule has 0 amide bonds. The molecule has 0 aliphatic rings. The zero-order valence-corrected chi connectivity index (χ0v) is 6.88. The molecule has 0 aliphatic heterocycles. The van der Waals surface area contributed by atoms with Gasteiger partial charge < -0.3 is 0 Å². The Labute approximate surface area is 72.9 Å². The molecule has 1 heterocycles. The van der Waals surface area contributed by atoms with Crippen LogP contribution in [0.2, 0.25) is 0 Å². The fraction of sp³-hybridized carbons (Fsp3) is 0. The molecule has 12 heavy (non-hydrogen) atoms. The van der Waals surface area contributed by atoms with Gasteiger partial charge in [-0.2, -0.15) is 4.37 Å². The summed E-state index contributed by atoms with van der Waals surface area (Å²) in [5, 5.41) is 0. The summed E-state index contributed by atoms with van der Waals surface area (Å²) in [5.74, 6) is 0.411. The lowest BCUT2D eigenvalue weighted by Gasteiger charge is -1.92. The number of benzene rings is 1. The first-order chi connectivity index (χ1) is 5.86. The second-order valence-electron chi connectivity index (χ2n) is 2.26. The summed E-state index contributed by atoms with van der Waals surface area (Å²) in [6.45, 7) is 0. The Kier molecular flexibility index (Phi) is 1.83. The maximum atomic E-state index is 12.5. The highest BCUT2D eigenvalue weighted by atomic mass is 32.1. The molecule has 60 valence electrons. The lowest BCUT2D eigenvalue weighted by molar-refractivity contribution is 0.628. The third-order valence-electron chi connectivity index (χ3n) is 1.46. The van der Waals surface area contributed by atoms with Gasteiger partial charge in [-0.15, -0.1) is 0 Å². The van der Waals surface area contributed by atoms with Gasteiger partial charge in [0.15, 0.2) is 5.82 Å². The van der Waals surface area contributed by atoms with E-state index in [-0.39, 0.29) is 5.82 Å². The van der Waals surface area contributed by atoms with Gasteiger partial charge in [-0.3, -0.25) is 0 Å². The number of halogens is 1. The first-order valence-corrected chi connectivity index (χ1v) is 4.22. The molecule has 1 aromatic carbocycles. The molecule has 2 aromatic rings. The van der Waals surface area contributed by atoms with Gasteiger partial charge in [0, 0.05) is 5.56 Å². The summed E-state index contributed by atoms with van der Waals surface area (Å²) in [6.07, 6.45) is 0. The van der Waals surface area contributed by atoms with Gasteiger partial charge in [-0.05, 0) is 35.8 Å². The molecule has 1 aromatic heterocycles. The van der Waals surface area contributed by atoms with Crippen LogP contribution in [0.15, 0.2) is 29.8 Å². The van der Waals surface area contributed by atoms with Crippen molar-refractivity contribution in [3.05, 3.63) is 35.6 Å². The van der Waals surface area contributed by atoms with E-state index in [1.807, 2.05) is 0 Å². The predicted octanol–water partition coefficient (Wildman–Crippen LogP) is 2.34. The molecule has 0 N–H and O–H groups in total. The average molecular weight is 180 g/mol. The van der Waals surface area contributed by atoms with Crippen LogP contribution >= 0.6 is 11.5 Å². The molecular formula is C8H5FN2S. The van der Waals surface area contributed by atoms with Crippen molar-refractivity contribution in [2.45, 2.75) is 0 Å². The van der Waals surface area contributed by atoms with Gasteiger partial charge in [0.05, 0.1) is 0 Å². The molecule has 4 heteroatoms. The first-order valence-electron chi connectivity index (χ1n) is 3.38. The van der Waals surface area contributed by atoms with Crippen molar-refractivity contribution >= 4 is 11.5 Å². The van der Waals surface area contributed by atoms with E-state index >= 15 is 0 Å². The van der Waals surface area contributed by atoms with Crippen molar-refractivity contribution in [2.75, 3.05) is 0 Å². The van der Waals surface area contributed by atoms with Crippen LogP contribution in [-0.2, 0) is 0 Å². The fourth-order valence-electron chi connectivity index (χ4n) is 0.897. The van der Waals surface area contributed by atoms with Crippen molar-refractivity contribution in [3.63, 3.8) is 0 Å². The Bertz CT molecular complexity index is 355. The molecule has 2 rings (SSSR count). The van der Waals surface area contributed by atoms with Crippen molar-refractivity contribution in [1.29, 1.82) is 0 Å². The Morgan fingerprint density at radius 1 is 1.17 bits per heavy atom. The van der Waals surface area contributed by atoms with Crippen LogP contribution in [0.5, 0.6) is 0 Å². The molecule has 2 nitrogen and oxygen atoms in total. The number of rotatable bonds is 1. The second kappa shape index (κ2) is 2.98. The van der Waals surface area contributed by atoms with Crippen molar-refractivity contribution < 1.29 is 4.39 Å². The zero-order valence-electron chi connectivity index (χ0n) is 6.07. The van der Waals surface area contributed by atoms with Gasteiger partial charge >= 0.3 is 0 Å². The minimum absolute atomic E-state index is 0.242. The number of hydrogen-bond donors (Lipinski definition) is 0. The third kappa shape index (κ3) is 1.33. The Balaban J connectivity index is 2.43. The van der Waals surface area contributed by atoms with Crippen molar-refractivity contribution in [2.24, 2.45) is 0 Å². The summed E-state index contributed by atoms with van der Waals surface area (Å²) < 4.78 is 16.5. The predicted molar refractivity (Wildman–Crippen MR) is 45.3 cm³/mol. The van der Waals surface area contributed by atoms with Crippen molar-refractivity contribution in [1.82, 2.24) is 9.36 Å². The standard InChI is InChI=1S/C8H5FN2S/c9-7-3-1-6(2-4-7)8-10-5-12-11-8/h1-5H. The average Bonchev–Trinajstić information content (AvgIpc) is 2.58. The number of nitrogens with zero attached hydrogens (tertiary/aromatic N) is 2. The molecule has 0 bridgehead atoms. The van der Waals surface area contributed by atoms with Gasteiger partial charge in [-0.1, -0.05) is 0 Å². The van der Waals surface area contributed by atoms with E-state index in [0.717, 1.165) is 5.56 Å². The van der Waals surface area contributed by atoms with Crippen molar-refractivity contribution in [3.8, 4) is 11.4 Å². The summed E-state index contributed by atoms with van der Waals surface area (Å²) in [7, 11) is 0. The normalized spacial score (nSPS) is 10.1. The molecule has 0 spiro atoms. The summed E-state index contributed by atoms with van der Waals surface area (Å²) in [5.41, 5.74) is 2.50. The maximum absolute atomic E-state index is 12.5. The van der Waals surface area contributed by atoms with E-state index < -0.39 is 0 Å². The molecule has 0 fully saturated rings. The molecule has 0 saturated carbocycles. The highest BCUT2D eigenvalue weighted by Gasteiger charge is 1.99. The number of hydrogen-bond acceptors (Lipinski definition) is 3.